The fraction of sp³-hybridized carbons (Fsp3) is 0.609. The van der Waals surface area contributed by atoms with Crippen molar-refractivity contribution in [3.63, 3.8) is 0 Å². The summed E-state index contributed by atoms with van der Waals surface area (Å²) in [6, 6.07) is 0. The number of fused-ring (bicyclic) bond motifs is 4. The first-order chi connectivity index (χ1) is 17.2. The van der Waals surface area contributed by atoms with Crippen LogP contribution in [0.15, 0.2) is 10.8 Å². The summed E-state index contributed by atoms with van der Waals surface area (Å²) in [5, 5.41) is 24.2. The van der Waals surface area contributed by atoms with E-state index in [1.165, 1.54) is 31.5 Å². The Balaban J connectivity index is 1.96. The molecule has 204 valence electrons. The van der Waals surface area contributed by atoms with E-state index < -0.39 is 58.7 Å². The largest absolute Gasteiger partial charge is 0.458 e. The minimum Gasteiger partial charge on any atom is -0.458 e. The molecule has 0 radical (unpaired) electrons. The second kappa shape index (κ2) is 11.9. The van der Waals surface area contributed by atoms with E-state index in [2.05, 4.69) is 9.97 Å². The van der Waals surface area contributed by atoms with E-state index in [0.29, 0.717) is 12.8 Å². The predicted molar refractivity (Wildman–Crippen MR) is 137 cm³/mol. The topological polar surface area (TPSA) is 145 Å². The molecule has 4 atom stereocenters. The Morgan fingerprint density at radius 1 is 1.03 bits per heavy atom. The van der Waals surface area contributed by atoms with E-state index in [1.807, 2.05) is 0 Å². The van der Waals surface area contributed by atoms with Gasteiger partial charge >= 0.3 is 17.9 Å². The van der Waals surface area contributed by atoms with Crippen molar-refractivity contribution in [2.24, 2.45) is 5.92 Å². The minimum atomic E-state index is -1.56. The number of rotatable bonds is 5. The van der Waals surface area contributed by atoms with Crippen LogP contribution >= 0.6 is 45.9 Å². The van der Waals surface area contributed by atoms with E-state index in [0.717, 1.165) is 22.7 Å². The van der Waals surface area contributed by atoms with Crippen LogP contribution in [0.5, 0.6) is 0 Å². The molecule has 0 fully saturated rings. The van der Waals surface area contributed by atoms with Crippen molar-refractivity contribution in [2.75, 3.05) is 6.61 Å². The van der Waals surface area contributed by atoms with Gasteiger partial charge in [-0.15, -0.1) is 45.9 Å². The van der Waals surface area contributed by atoms with Gasteiger partial charge in [0.2, 0.25) is 0 Å². The molecular formula is C23H28Cl2N2O8S2. The molecule has 2 aromatic rings. The first kappa shape index (κ1) is 29.7. The zero-order valence-electron chi connectivity index (χ0n) is 20.6. The van der Waals surface area contributed by atoms with Crippen LogP contribution in [-0.2, 0) is 19.0 Å². The Hall–Kier alpha value is -1.83. The lowest BCUT2D eigenvalue weighted by atomic mass is 9.97. The molecule has 0 amide bonds. The molecule has 3 rings (SSSR count). The molecule has 37 heavy (non-hydrogen) atoms. The Labute approximate surface area is 231 Å². The molecule has 10 nitrogen and oxygen atoms in total. The average Bonchev–Trinajstić information content (AvgIpc) is 3.47. The van der Waals surface area contributed by atoms with Crippen LogP contribution in [0.3, 0.4) is 0 Å². The van der Waals surface area contributed by atoms with Crippen LogP contribution < -0.4 is 0 Å². The van der Waals surface area contributed by atoms with Crippen molar-refractivity contribution in [3.05, 3.63) is 32.2 Å². The fourth-order valence-electron chi connectivity index (χ4n) is 3.43. The highest BCUT2D eigenvalue weighted by Crippen LogP contribution is 2.34. The molecule has 3 heterocycles. The van der Waals surface area contributed by atoms with Crippen molar-refractivity contribution >= 4 is 63.8 Å². The lowest BCUT2D eigenvalue weighted by Crippen LogP contribution is -2.37. The molecule has 0 spiro atoms. The lowest BCUT2D eigenvalue weighted by Gasteiger charge is -2.30. The molecule has 0 aliphatic carbocycles. The lowest BCUT2D eigenvalue weighted by molar-refractivity contribution is -0.171. The number of hydrogen-bond acceptors (Lipinski definition) is 12. The van der Waals surface area contributed by atoms with Gasteiger partial charge < -0.3 is 24.4 Å². The molecule has 0 saturated heterocycles. The first-order valence-corrected chi connectivity index (χ1v) is 13.9. The van der Waals surface area contributed by atoms with Gasteiger partial charge in [0.25, 0.3) is 0 Å². The Bertz CT molecular complexity index is 1120. The second-order valence-electron chi connectivity index (χ2n) is 9.42. The van der Waals surface area contributed by atoms with Gasteiger partial charge in [0.05, 0.1) is 5.92 Å². The van der Waals surface area contributed by atoms with Gasteiger partial charge in [-0.25, -0.2) is 19.6 Å². The van der Waals surface area contributed by atoms with Gasteiger partial charge in [0.15, 0.2) is 17.5 Å². The van der Waals surface area contributed by atoms with Crippen LogP contribution in [0.25, 0.3) is 0 Å². The normalized spacial score (nSPS) is 24.2. The highest BCUT2D eigenvalue weighted by Gasteiger charge is 2.39. The van der Waals surface area contributed by atoms with Gasteiger partial charge in [-0.2, -0.15) is 0 Å². The van der Waals surface area contributed by atoms with Gasteiger partial charge in [0, 0.05) is 10.8 Å². The van der Waals surface area contributed by atoms with Crippen LogP contribution in [0.4, 0.5) is 0 Å². The van der Waals surface area contributed by atoms with E-state index in [4.69, 9.17) is 37.4 Å². The zero-order valence-corrected chi connectivity index (χ0v) is 23.7. The standard InChI is InChI=1S/C23H28Cl2N2O8S2/c1-11-15(6-5-7-23(4,24)25)34-21(31)13-10-36-17(26-13)14(28)8-33-20(30)12-9-37-18(27-12)16(22(2,3)32)35-19(11)29/h9-11,14-16,28,32H,5-8H2,1-4H3/t11-,14+,15+,16+/m0/s1. The number of carbonyl (C=O) groups is 3. The third-order valence-electron chi connectivity index (χ3n) is 5.51. The molecule has 2 aromatic heterocycles. The molecular weight excluding hydrogens is 567 g/mol. The molecule has 4 bridgehead atoms. The van der Waals surface area contributed by atoms with Crippen LogP contribution in [-0.4, -0.2) is 60.7 Å². The summed E-state index contributed by atoms with van der Waals surface area (Å²) in [6.07, 6.45) is -2.38. The minimum absolute atomic E-state index is 0.0714. The number of halogens is 2. The van der Waals surface area contributed by atoms with Crippen LogP contribution in [0.2, 0.25) is 0 Å². The number of aromatic nitrogens is 2. The first-order valence-electron chi connectivity index (χ1n) is 11.4. The van der Waals surface area contributed by atoms with Gasteiger partial charge in [-0.1, -0.05) is 0 Å². The molecule has 2 N–H and O–H groups in total. The van der Waals surface area contributed by atoms with Crippen molar-refractivity contribution < 1.29 is 38.8 Å². The van der Waals surface area contributed by atoms with Crippen molar-refractivity contribution in [2.45, 2.75) is 75.2 Å². The Kier molecular flexibility index (Phi) is 9.57. The van der Waals surface area contributed by atoms with Gasteiger partial charge in [-0.3, -0.25) is 4.79 Å². The molecule has 1 aliphatic rings. The van der Waals surface area contributed by atoms with Crippen LogP contribution in [0.1, 0.15) is 90.2 Å². The van der Waals surface area contributed by atoms with Crippen molar-refractivity contribution in [1.29, 1.82) is 0 Å². The average molecular weight is 596 g/mol. The maximum Gasteiger partial charge on any atom is 0.358 e. The number of cyclic esters (lactones) is 3. The van der Waals surface area contributed by atoms with E-state index in [9.17, 15) is 24.6 Å². The second-order valence-corrected chi connectivity index (χ2v) is 13.1. The Morgan fingerprint density at radius 2 is 1.62 bits per heavy atom. The molecule has 0 saturated carbocycles. The summed E-state index contributed by atoms with van der Waals surface area (Å²) in [4.78, 5) is 46.8. The highest BCUT2D eigenvalue weighted by molar-refractivity contribution is 7.10. The van der Waals surface area contributed by atoms with Crippen molar-refractivity contribution in [1.82, 2.24) is 9.97 Å². The highest BCUT2D eigenvalue weighted by atomic mass is 35.5. The summed E-state index contributed by atoms with van der Waals surface area (Å²) in [6.45, 7) is 5.62. The SMILES string of the molecule is C[C@@H]1C(=O)O[C@@H](C(C)(C)O)c2nc(cs2)C(=O)OC[C@@H](O)c2nc(cs2)C(=O)O[C@@H]1CCCC(C)(Cl)Cl. The van der Waals surface area contributed by atoms with Gasteiger partial charge in [0.1, 0.15) is 38.8 Å². The quantitative estimate of drug-likeness (QED) is 0.290. The van der Waals surface area contributed by atoms with Gasteiger partial charge in [-0.05, 0) is 47.0 Å². The molecule has 1 aliphatic heterocycles. The van der Waals surface area contributed by atoms with E-state index in [1.54, 1.807) is 6.92 Å². The summed E-state index contributed by atoms with van der Waals surface area (Å²) >= 11 is 14.1. The van der Waals surface area contributed by atoms with E-state index in [-0.39, 0.29) is 27.8 Å². The van der Waals surface area contributed by atoms with Crippen LogP contribution in [0, 0.1) is 5.92 Å². The number of nitrogens with zero attached hydrogens (tertiary/aromatic N) is 2. The molecule has 0 unspecified atom stereocenters. The summed E-state index contributed by atoms with van der Waals surface area (Å²) in [5.41, 5.74) is -1.70. The number of aliphatic hydroxyl groups is 2. The number of carbonyl (C=O) groups excluding carboxylic acids is 3. The number of alkyl halides is 2. The van der Waals surface area contributed by atoms with E-state index >= 15 is 0 Å². The Morgan fingerprint density at radius 3 is 2.24 bits per heavy atom. The predicted octanol–water partition coefficient (Wildman–Crippen LogP) is 4.38. The van der Waals surface area contributed by atoms with Crippen molar-refractivity contribution in [3.8, 4) is 0 Å². The number of esters is 3. The fourth-order valence-corrected chi connectivity index (χ4v) is 5.45. The monoisotopic (exact) mass is 594 g/mol. The number of aliphatic hydroxyl groups excluding tert-OH is 1. The third kappa shape index (κ3) is 8.08. The maximum atomic E-state index is 13.2. The molecule has 0 aromatic carbocycles. The molecule has 14 heteroatoms. The zero-order chi connectivity index (χ0) is 27.5. The summed E-state index contributed by atoms with van der Waals surface area (Å²) in [5.74, 6) is -3.32. The smallest absolute Gasteiger partial charge is 0.358 e. The number of ether oxygens (including phenoxy) is 3. The maximum absolute atomic E-state index is 13.2. The number of thiazole rings is 2. The summed E-state index contributed by atoms with van der Waals surface area (Å²) in [7, 11) is 0. The third-order valence-corrected chi connectivity index (χ3v) is 7.72. The number of hydrogen-bond donors (Lipinski definition) is 2. The summed E-state index contributed by atoms with van der Waals surface area (Å²) < 4.78 is 15.4.